The average Bonchev–Trinajstić information content (AvgIpc) is 3.34. The zero-order chi connectivity index (χ0) is 19.5. The maximum absolute atomic E-state index is 12.4. The fraction of sp³-hybridized carbons (Fsp3) is 0.143. The zero-order valence-electron chi connectivity index (χ0n) is 15.3. The van der Waals surface area contributed by atoms with Crippen LogP contribution in [0.4, 0.5) is 0 Å². The molecule has 142 valence electrons. The Morgan fingerprint density at radius 2 is 2.00 bits per heavy atom. The van der Waals surface area contributed by atoms with Gasteiger partial charge in [0.2, 0.25) is 5.91 Å². The molecule has 0 atom stereocenters. The summed E-state index contributed by atoms with van der Waals surface area (Å²) in [5.41, 5.74) is 2.83. The number of aromatic nitrogens is 3. The zero-order valence-corrected chi connectivity index (χ0v) is 16.1. The minimum atomic E-state index is -0.0624. The van der Waals surface area contributed by atoms with Crippen molar-refractivity contribution in [2.45, 2.75) is 13.1 Å². The fourth-order valence-corrected chi connectivity index (χ4v) is 3.17. The molecule has 4 aromatic rings. The van der Waals surface area contributed by atoms with E-state index in [0.717, 1.165) is 27.9 Å². The van der Waals surface area contributed by atoms with E-state index in [1.165, 1.54) is 0 Å². The van der Waals surface area contributed by atoms with Gasteiger partial charge < -0.3 is 14.6 Å². The number of amides is 1. The highest BCUT2D eigenvalue weighted by atomic mass is 35.5. The molecule has 0 aliphatic carbocycles. The molecule has 1 N–H and O–H groups in total. The van der Waals surface area contributed by atoms with Gasteiger partial charge in [0, 0.05) is 40.4 Å². The van der Waals surface area contributed by atoms with Crippen molar-refractivity contribution >= 4 is 28.4 Å². The molecule has 0 aliphatic heterocycles. The number of halogens is 1. The number of fused-ring (bicyclic) bond motifs is 1. The van der Waals surface area contributed by atoms with Crippen molar-refractivity contribution in [2.24, 2.45) is 0 Å². The second-order valence-corrected chi connectivity index (χ2v) is 6.85. The Morgan fingerprint density at radius 3 is 2.79 bits per heavy atom. The van der Waals surface area contributed by atoms with Crippen molar-refractivity contribution in [2.75, 3.05) is 7.11 Å². The van der Waals surface area contributed by atoms with E-state index in [2.05, 4.69) is 10.4 Å². The van der Waals surface area contributed by atoms with Crippen LogP contribution in [0.1, 0.15) is 5.56 Å². The largest absolute Gasteiger partial charge is 0.497 e. The first-order valence-corrected chi connectivity index (χ1v) is 9.19. The van der Waals surface area contributed by atoms with Gasteiger partial charge in [0.15, 0.2) is 0 Å². The summed E-state index contributed by atoms with van der Waals surface area (Å²) >= 11 is 5.91. The highest BCUT2D eigenvalue weighted by Crippen LogP contribution is 2.21. The monoisotopic (exact) mass is 394 g/mol. The summed E-state index contributed by atoms with van der Waals surface area (Å²) < 4.78 is 8.91. The van der Waals surface area contributed by atoms with E-state index in [4.69, 9.17) is 16.3 Å². The minimum Gasteiger partial charge on any atom is -0.497 e. The van der Waals surface area contributed by atoms with Crippen LogP contribution in [0.5, 0.6) is 5.75 Å². The molecular formula is C21H19ClN4O2. The summed E-state index contributed by atoms with van der Waals surface area (Å²) in [7, 11) is 1.64. The number of methoxy groups -OCH3 is 1. The van der Waals surface area contributed by atoms with Crippen molar-refractivity contribution in [1.82, 2.24) is 19.7 Å². The number of rotatable bonds is 6. The summed E-state index contributed by atoms with van der Waals surface area (Å²) in [5.74, 6) is 0.736. The molecular weight excluding hydrogens is 376 g/mol. The molecule has 0 saturated heterocycles. The van der Waals surface area contributed by atoms with Crippen LogP contribution >= 0.6 is 11.6 Å². The Morgan fingerprint density at radius 1 is 1.18 bits per heavy atom. The predicted molar refractivity (Wildman–Crippen MR) is 109 cm³/mol. The van der Waals surface area contributed by atoms with E-state index in [1.807, 2.05) is 65.5 Å². The number of nitrogens with zero attached hydrogens (tertiary/aromatic N) is 3. The molecule has 0 bridgehead atoms. The van der Waals surface area contributed by atoms with Crippen molar-refractivity contribution in [1.29, 1.82) is 0 Å². The molecule has 1 amide bonds. The van der Waals surface area contributed by atoms with Crippen molar-refractivity contribution in [3.05, 3.63) is 77.7 Å². The van der Waals surface area contributed by atoms with Crippen molar-refractivity contribution < 1.29 is 9.53 Å². The summed E-state index contributed by atoms with van der Waals surface area (Å²) in [6, 6.07) is 15.2. The van der Waals surface area contributed by atoms with Gasteiger partial charge in [0.05, 0.1) is 19.0 Å². The highest BCUT2D eigenvalue weighted by molar-refractivity contribution is 6.30. The molecule has 2 aromatic carbocycles. The van der Waals surface area contributed by atoms with Crippen LogP contribution in [0.3, 0.4) is 0 Å². The lowest BCUT2D eigenvalue weighted by Gasteiger charge is -2.07. The Hall–Kier alpha value is -3.25. The maximum Gasteiger partial charge on any atom is 0.240 e. The van der Waals surface area contributed by atoms with Gasteiger partial charge in [0.25, 0.3) is 0 Å². The summed E-state index contributed by atoms with van der Waals surface area (Å²) in [6.07, 6.45) is 5.54. The van der Waals surface area contributed by atoms with Gasteiger partial charge in [-0.2, -0.15) is 5.10 Å². The average molecular weight is 395 g/mol. The first-order valence-electron chi connectivity index (χ1n) is 8.81. The summed E-state index contributed by atoms with van der Waals surface area (Å²) in [6.45, 7) is 0.667. The van der Waals surface area contributed by atoms with Crippen LogP contribution in [0, 0.1) is 0 Å². The molecule has 0 aliphatic rings. The first-order chi connectivity index (χ1) is 13.6. The van der Waals surface area contributed by atoms with Crippen molar-refractivity contribution in [3.63, 3.8) is 0 Å². The molecule has 4 rings (SSSR count). The van der Waals surface area contributed by atoms with Crippen LogP contribution in [0.2, 0.25) is 5.02 Å². The molecule has 0 unspecified atom stereocenters. The third-order valence-corrected chi connectivity index (χ3v) is 4.76. The fourth-order valence-electron chi connectivity index (χ4n) is 3.04. The lowest BCUT2D eigenvalue weighted by Crippen LogP contribution is -2.26. The SMILES string of the molecule is COc1ccc2c(ccn2CC(=O)NCc2cnn(-c3ccc(Cl)cc3)c2)c1. The van der Waals surface area contributed by atoms with Crippen molar-refractivity contribution in [3.8, 4) is 11.4 Å². The standard InChI is InChI=1S/C21H19ClN4O2/c1-28-19-6-7-20-16(10-19)8-9-25(20)14-21(27)23-11-15-12-24-26(13-15)18-4-2-17(22)3-5-18/h2-10,12-13H,11,14H2,1H3,(H,23,27). The Bertz CT molecular complexity index is 1120. The first kappa shape index (κ1) is 18.1. The van der Waals surface area contributed by atoms with E-state index >= 15 is 0 Å². The third kappa shape index (κ3) is 3.87. The molecule has 28 heavy (non-hydrogen) atoms. The Labute approximate surface area is 167 Å². The van der Waals surface area contributed by atoms with Crippen LogP contribution in [-0.4, -0.2) is 27.4 Å². The number of carbonyl (C=O) groups is 1. The maximum atomic E-state index is 12.4. The van der Waals surface area contributed by atoms with Gasteiger partial charge >= 0.3 is 0 Å². The molecule has 7 heteroatoms. The lowest BCUT2D eigenvalue weighted by atomic mass is 10.2. The second kappa shape index (κ2) is 7.78. The van der Waals surface area contributed by atoms with Gasteiger partial charge in [-0.15, -0.1) is 0 Å². The summed E-state index contributed by atoms with van der Waals surface area (Å²) in [4.78, 5) is 12.4. The van der Waals surface area contributed by atoms with E-state index < -0.39 is 0 Å². The Balaban J connectivity index is 1.38. The van der Waals surface area contributed by atoms with E-state index in [0.29, 0.717) is 11.6 Å². The van der Waals surface area contributed by atoms with Crippen LogP contribution in [0.15, 0.2) is 67.1 Å². The van der Waals surface area contributed by atoms with Gasteiger partial charge in [0.1, 0.15) is 12.3 Å². The number of carbonyl (C=O) groups excluding carboxylic acids is 1. The third-order valence-electron chi connectivity index (χ3n) is 4.51. The van der Waals surface area contributed by atoms with Crippen LogP contribution < -0.4 is 10.1 Å². The number of nitrogens with one attached hydrogen (secondary N) is 1. The molecule has 0 fully saturated rings. The number of benzene rings is 2. The van der Waals surface area contributed by atoms with E-state index in [-0.39, 0.29) is 12.5 Å². The van der Waals surface area contributed by atoms with Gasteiger partial charge in [-0.25, -0.2) is 4.68 Å². The molecule has 0 saturated carbocycles. The second-order valence-electron chi connectivity index (χ2n) is 6.41. The molecule has 2 aromatic heterocycles. The molecule has 0 spiro atoms. The highest BCUT2D eigenvalue weighted by Gasteiger charge is 2.08. The lowest BCUT2D eigenvalue weighted by molar-refractivity contribution is -0.121. The van der Waals surface area contributed by atoms with Crippen LogP contribution in [-0.2, 0) is 17.9 Å². The number of hydrogen-bond donors (Lipinski definition) is 1. The molecule has 2 heterocycles. The quantitative estimate of drug-likeness (QED) is 0.541. The predicted octanol–water partition coefficient (Wildman–Crippen LogP) is 3.81. The van der Waals surface area contributed by atoms with Gasteiger partial charge in [-0.3, -0.25) is 4.79 Å². The smallest absolute Gasteiger partial charge is 0.240 e. The van der Waals surface area contributed by atoms with Gasteiger partial charge in [-0.05, 0) is 48.5 Å². The number of hydrogen-bond acceptors (Lipinski definition) is 3. The number of ether oxygens (including phenoxy) is 1. The molecule has 6 nitrogen and oxygen atoms in total. The topological polar surface area (TPSA) is 61.1 Å². The molecule has 0 radical (unpaired) electrons. The van der Waals surface area contributed by atoms with E-state index in [1.54, 1.807) is 18.0 Å². The minimum absolute atomic E-state index is 0.0624. The summed E-state index contributed by atoms with van der Waals surface area (Å²) in [5, 5.41) is 8.99. The normalized spacial score (nSPS) is 10.9. The van der Waals surface area contributed by atoms with Gasteiger partial charge in [-0.1, -0.05) is 11.6 Å². The Kier molecular flexibility index (Phi) is 5.04. The van der Waals surface area contributed by atoms with E-state index in [9.17, 15) is 4.79 Å². The van der Waals surface area contributed by atoms with Crippen LogP contribution in [0.25, 0.3) is 16.6 Å².